The number of amides is 1. The molecule has 0 bridgehead atoms. The van der Waals surface area contributed by atoms with Crippen molar-refractivity contribution in [1.29, 1.82) is 0 Å². The Morgan fingerprint density at radius 1 is 1.29 bits per heavy atom. The van der Waals surface area contributed by atoms with Crippen molar-refractivity contribution < 1.29 is 41.9 Å². The summed E-state index contributed by atoms with van der Waals surface area (Å²) in [5.74, 6) is -1.10. The Hall–Kier alpha value is -3.28. The number of aliphatic carboxylic acids is 1. The van der Waals surface area contributed by atoms with E-state index in [1.807, 2.05) is 13.0 Å². The summed E-state index contributed by atoms with van der Waals surface area (Å²) in [6.45, 7) is 4.25. The molecule has 1 aliphatic rings. The lowest BCUT2D eigenvalue weighted by molar-refractivity contribution is -0.192. The minimum atomic E-state index is -5.08. The molecule has 0 spiro atoms. The molecule has 0 saturated carbocycles. The highest BCUT2D eigenvalue weighted by atomic mass is 19.4. The maximum absolute atomic E-state index is 12.5. The molecule has 1 saturated heterocycles. The molecule has 1 aromatic heterocycles. The molecule has 0 radical (unpaired) electrons. The summed E-state index contributed by atoms with van der Waals surface area (Å²) in [5, 5.41) is 13.9. The number of piperidine rings is 1. The number of carboxylic acids is 1. The number of alkyl halides is 3. The van der Waals surface area contributed by atoms with Crippen LogP contribution in [0.5, 0.6) is 11.5 Å². The molecule has 2 heterocycles. The Balaban J connectivity index is 0.000000509. The molecule has 2 N–H and O–H groups in total. The third kappa shape index (κ3) is 8.25. The molecular weight excluding hydrogens is 459 g/mol. The van der Waals surface area contributed by atoms with Gasteiger partial charge in [0.05, 0.1) is 19.3 Å². The van der Waals surface area contributed by atoms with Crippen LogP contribution in [0.1, 0.15) is 41.6 Å². The fourth-order valence-electron chi connectivity index (χ4n) is 3.18. The quantitative estimate of drug-likeness (QED) is 0.612. The predicted molar refractivity (Wildman–Crippen MR) is 115 cm³/mol. The SMILES string of the molecule is CCc1cc(CNC(=O)c2ccc(OC)c(OC3CCCN(C)C3)c2)on1.O=C(O)C(F)(F)F. The minimum absolute atomic E-state index is 0.0950. The molecule has 2 aromatic rings. The number of likely N-dealkylation sites (tertiary alicyclic amines) is 1. The van der Waals surface area contributed by atoms with Gasteiger partial charge in [-0.2, -0.15) is 13.2 Å². The topological polar surface area (TPSA) is 114 Å². The summed E-state index contributed by atoms with van der Waals surface area (Å²) in [4.78, 5) is 23.7. The van der Waals surface area contributed by atoms with Crippen molar-refractivity contribution in [1.82, 2.24) is 15.4 Å². The van der Waals surface area contributed by atoms with Gasteiger partial charge in [-0.3, -0.25) is 4.79 Å². The van der Waals surface area contributed by atoms with Gasteiger partial charge in [-0.1, -0.05) is 12.1 Å². The molecule has 12 heteroatoms. The van der Waals surface area contributed by atoms with Crippen molar-refractivity contribution in [2.45, 2.75) is 45.0 Å². The van der Waals surface area contributed by atoms with E-state index in [1.165, 1.54) is 0 Å². The van der Waals surface area contributed by atoms with Gasteiger partial charge >= 0.3 is 12.1 Å². The van der Waals surface area contributed by atoms with E-state index < -0.39 is 12.1 Å². The number of ether oxygens (including phenoxy) is 2. The first kappa shape index (κ1) is 27.0. The largest absolute Gasteiger partial charge is 0.493 e. The summed E-state index contributed by atoms with van der Waals surface area (Å²) in [7, 11) is 3.69. The number of nitrogens with zero attached hydrogens (tertiary/aromatic N) is 2. The number of nitrogens with one attached hydrogen (secondary N) is 1. The van der Waals surface area contributed by atoms with Crippen molar-refractivity contribution in [2.24, 2.45) is 0 Å². The normalized spacial score (nSPS) is 16.2. The van der Waals surface area contributed by atoms with Crippen molar-refractivity contribution in [3.63, 3.8) is 0 Å². The van der Waals surface area contributed by atoms with Crippen molar-refractivity contribution in [2.75, 3.05) is 27.2 Å². The number of carbonyl (C=O) groups is 2. The van der Waals surface area contributed by atoms with Crippen molar-refractivity contribution in [3.8, 4) is 11.5 Å². The van der Waals surface area contributed by atoms with E-state index in [-0.39, 0.29) is 12.0 Å². The Morgan fingerprint density at radius 2 is 2.00 bits per heavy atom. The molecule has 1 aliphatic heterocycles. The van der Waals surface area contributed by atoms with E-state index in [0.717, 1.165) is 38.0 Å². The van der Waals surface area contributed by atoms with Gasteiger partial charge in [0.2, 0.25) is 0 Å². The lowest BCUT2D eigenvalue weighted by atomic mass is 10.1. The number of likely N-dealkylation sites (N-methyl/N-ethyl adjacent to an activating group) is 1. The second kappa shape index (κ2) is 12.3. The van der Waals surface area contributed by atoms with Crippen LogP contribution < -0.4 is 14.8 Å². The number of rotatable bonds is 7. The van der Waals surface area contributed by atoms with E-state index in [9.17, 15) is 18.0 Å². The van der Waals surface area contributed by atoms with Crippen molar-refractivity contribution >= 4 is 11.9 Å². The number of benzene rings is 1. The lowest BCUT2D eigenvalue weighted by Gasteiger charge is -2.30. The number of aromatic nitrogens is 1. The average Bonchev–Trinajstić information content (AvgIpc) is 3.25. The number of carboxylic acid groups (broad SMARTS) is 1. The van der Waals surface area contributed by atoms with Crippen LogP contribution in [-0.4, -0.2) is 66.6 Å². The van der Waals surface area contributed by atoms with Gasteiger partial charge in [0.1, 0.15) is 6.10 Å². The second-order valence-corrected chi connectivity index (χ2v) is 7.63. The van der Waals surface area contributed by atoms with Crippen LogP contribution >= 0.6 is 0 Å². The summed E-state index contributed by atoms with van der Waals surface area (Å²) >= 11 is 0. The zero-order chi connectivity index (χ0) is 25.3. The van der Waals surface area contributed by atoms with Gasteiger partial charge in [-0.15, -0.1) is 0 Å². The number of aryl methyl sites for hydroxylation is 1. The number of carbonyl (C=O) groups excluding carboxylic acids is 1. The van der Waals surface area contributed by atoms with E-state index in [1.54, 1.807) is 25.3 Å². The Bertz CT molecular complexity index is 964. The molecule has 1 fully saturated rings. The monoisotopic (exact) mass is 487 g/mol. The second-order valence-electron chi connectivity index (χ2n) is 7.63. The van der Waals surface area contributed by atoms with Crippen LogP contribution in [0.25, 0.3) is 0 Å². The van der Waals surface area contributed by atoms with Crippen LogP contribution in [0.2, 0.25) is 0 Å². The third-order valence-corrected chi connectivity index (χ3v) is 4.94. The molecule has 1 atom stereocenters. The Kier molecular flexibility index (Phi) is 9.72. The van der Waals surface area contributed by atoms with Gasteiger partial charge < -0.3 is 29.3 Å². The molecule has 1 amide bonds. The van der Waals surface area contributed by atoms with Gasteiger partial charge in [-0.25, -0.2) is 4.79 Å². The standard InChI is InChI=1S/C20H27N3O4.C2HF3O2/c1-4-15-11-17(27-22-15)12-21-20(24)14-7-8-18(25-3)19(10-14)26-16-6-5-9-23(2)13-16;3-2(4,5)1(6)7/h7-8,10-11,16H,4-6,9,12-13H2,1-3H3,(H,21,24);(H,6,7). The molecule has 188 valence electrons. The van der Waals surface area contributed by atoms with Gasteiger partial charge in [0.25, 0.3) is 5.91 Å². The van der Waals surface area contributed by atoms with E-state index >= 15 is 0 Å². The third-order valence-electron chi connectivity index (χ3n) is 4.94. The van der Waals surface area contributed by atoms with Crippen molar-refractivity contribution in [3.05, 3.63) is 41.3 Å². The lowest BCUT2D eigenvalue weighted by Crippen LogP contribution is -2.38. The summed E-state index contributed by atoms with van der Waals surface area (Å²) in [5.41, 5.74) is 1.39. The van der Waals surface area contributed by atoms with Crippen LogP contribution in [0.3, 0.4) is 0 Å². The molecule has 34 heavy (non-hydrogen) atoms. The highest BCUT2D eigenvalue weighted by molar-refractivity contribution is 5.94. The molecular formula is C22H28F3N3O6. The number of methoxy groups -OCH3 is 1. The first-order chi connectivity index (χ1) is 16.0. The Labute approximate surface area is 194 Å². The first-order valence-corrected chi connectivity index (χ1v) is 10.6. The van der Waals surface area contributed by atoms with E-state index in [2.05, 4.69) is 22.4 Å². The van der Waals surface area contributed by atoms with Gasteiger partial charge in [0, 0.05) is 18.2 Å². The summed E-state index contributed by atoms with van der Waals surface area (Å²) in [6.07, 6.45) is -2.10. The fraction of sp³-hybridized carbons (Fsp3) is 0.500. The zero-order valence-electron chi connectivity index (χ0n) is 19.1. The molecule has 3 rings (SSSR count). The van der Waals surface area contributed by atoms with E-state index in [4.69, 9.17) is 23.9 Å². The zero-order valence-corrected chi connectivity index (χ0v) is 19.1. The average molecular weight is 487 g/mol. The maximum atomic E-state index is 12.5. The van der Waals surface area contributed by atoms with Crippen LogP contribution in [0.15, 0.2) is 28.8 Å². The molecule has 9 nitrogen and oxygen atoms in total. The number of hydrogen-bond donors (Lipinski definition) is 2. The van der Waals surface area contributed by atoms with Crippen LogP contribution in [0.4, 0.5) is 13.2 Å². The highest BCUT2D eigenvalue weighted by Crippen LogP contribution is 2.30. The molecule has 1 aromatic carbocycles. The maximum Gasteiger partial charge on any atom is 0.490 e. The fourth-order valence-corrected chi connectivity index (χ4v) is 3.18. The van der Waals surface area contributed by atoms with Crippen LogP contribution in [0, 0.1) is 0 Å². The molecule has 0 aliphatic carbocycles. The summed E-state index contributed by atoms with van der Waals surface area (Å²) < 4.78 is 48.5. The van der Waals surface area contributed by atoms with Gasteiger partial charge in [0.15, 0.2) is 17.3 Å². The van der Waals surface area contributed by atoms with E-state index in [0.29, 0.717) is 29.4 Å². The Morgan fingerprint density at radius 3 is 2.56 bits per heavy atom. The first-order valence-electron chi connectivity index (χ1n) is 10.6. The van der Waals surface area contributed by atoms with Gasteiger partial charge in [-0.05, 0) is 51.1 Å². The highest BCUT2D eigenvalue weighted by Gasteiger charge is 2.38. The predicted octanol–water partition coefficient (Wildman–Crippen LogP) is 3.28. The minimum Gasteiger partial charge on any atom is -0.493 e. The molecule has 1 unspecified atom stereocenters. The summed E-state index contributed by atoms with van der Waals surface area (Å²) in [6, 6.07) is 7.08. The number of hydrogen-bond acceptors (Lipinski definition) is 7. The smallest absolute Gasteiger partial charge is 0.490 e. The van der Waals surface area contributed by atoms with Crippen LogP contribution in [-0.2, 0) is 17.8 Å². The number of halogens is 3.